The van der Waals surface area contributed by atoms with E-state index in [2.05, 4.69) is 55.4 Å². The Balaban J connectivity index is 0. The lowest BCUT2D eigenvalue weighted by Crippen LogP contribution is -2.56. The molecule has 3 heteroatoms. The van der Waals surface area contributed by atoms with Crippen molar-refractivity contribution in [2.24, 2.45) is 23.7 Å². The first-order valence-electron chi connectivity index (χ1n) is 7.74. The molecule has 0 aromatic rings. The lowest BCUT2D eigenvalue weighted by atomic mass is 10.0. The molecule has 0 fully saturated rings. The summed E-state index contributed by atoms with van der Waals surface area (Å²) in [4.78, 5) is 0. The third-order valence-corrected chi connectivity index (χ3v) is 3.01. The molecule has 0 saturated carbocycles. The van der Waals surface area contributed by atoms with Crippen molar-refractivity contribution in [1.29, 1.82) is 5.26 Å². The van der Waals surface area contributed by atoms with Crippen LogP contribution in [0.2, 0.25) is 0 Å². The van der Waals surface area contributed by atoms with Crippen molar-refractivity contribution in [1.82, 2.24) is 0 Å². The van der Waals surface area contributed by atoms with Gasteiger partial charge < -0.3 is 4.48 Å². The van der Waals surface area contributed by atoms with Crippen LogP contribution < -0.4 is 0 Å². The van der Waals surface area contributed by atoms with Crippen molar-refractivity contribution in [2.45, 2.75) is 55.4 Å². The summed E-state index contributed by atoms with van der Waals surface area (Å²) in [6.45, 7) is 24.3. The van der Waals surface area contributed by atoms with Crippen molar-refractivity contribution in [3.8, 4) is 5.97 Å². The topological polar surface area (TPSA) is 23.8 Å². The molecule has 0 aromatic carbocycles. The fourth-order valence-electron chi connectivity index (χ4n) is 3.55. The van der Waals surface area contributed by atoms with Crippen LogP contribution in [0.15, 0.2) is 0 Å². The first kappa shape index (κ1) is 21.8. The van der Waals surface area contributed by atoms with E-state index in [1.165, 1.54) is 30.7 Å². The highest BCUT2D eigenvalue weighted by Crippen LogP contribution is 2.21. The smallest absolute Gasteiger partial charge is 0.0810 e. The third kappa shape index (κ3) is 12.5. The summed E-state index contributed by atoms with van der Waals surface area (Å²) >= 11 is 0. The molecule has 0 spiro atoms. The van der Waals surface area contributed by atoms with Crippen LogP contribution in [0.1, 0.15) is 55.4 Å². The number of rotatable bonds is 8. The molecule has 0 bridgehead atoms. The van der Waals surface area contributed by atoms with Gasteiger partial charge in [0, 0.05) is 23.7 Å². The van der Waals surface area contributed by atoms with Gasteiger partial charge in [-0.15, -0.1) is 0 Å². The minimum Gasteiger partial charge on any atom is -0.323 e. The van der Waals surface area contributed by atoms with Gasteiger partial charge >= 0.3 is 0 Å². The van der Waals surface area contributed by atoms with Crippen molar-refractivity contribution in [2.75, 3.05) is 26.2 Å². The fraction of sp³-hybridized carbons (Fsp3) is 0.941. The van der Waals surface area contributed by atoms with Crippen molar-refractivity contribution in [3.05, 3.63) is 0 Å². The molecule has 0 amide bonds. The minimum atomic E-state index is 0.0694. The zero-order chi connectivity index (χ0) is 16.3. The number of nitriles is 1. The Morgan fingerprint density at radius 2 is 0.850 bits per heavy atom. The first-order chi connectivity index (χ1) is 9.08. The molecule has 0 saturated heterocycles. The number of quaternary nitrogens is 1. The Labute approximate surface area is 129 Å². The van der Waals surface area contributed by atoms with Gasteiger partial charge in [-0.05, 0) is 0 Å². The maximum atomic E-state index is 7.43. The quantitative estimate of drug-likeness (QED) is 0.495. The van der Waals surface area contributed by atoms with Crippen molar-refractivity contribution < 1.29 is 4.48 Å². The van der Waals surface area contributed by atoms with E-state index in [1.807, 2.05) is 5.97 Å². The fourth-order valence-corrected chi connectivity index (χ4v) is 3.55. The van der Waals surface area contributed by atoms with E-state index in [1.54, 1.807) is 0 Å². The molecule has 0 aliphatic heterocycles. The Kier molecular flexibility index (Phi) is 12.2. The maximum Gasteiger partial charge on any atom is 0.0810 e. The molecule has 0 N–H and O–H groups in total. The molecule has 0 unspecified atom stereocenters. The van der Waals surface area contributed by atoms with Crippen molar-refractivity contribution in [3.63, 3.8) is 0 Å². The van der Waals surface area contributed by atoms with Crippen LogP contribution in [0.25, 0.3) is 0 Å². The highest BCUT2D eigenvalue weighted by molar-refractivity contribution is 6.20. The van der Waals surface area contributed by atoms with Crippen LogP contribution in [0, 0.1) is 34.9 Å². The van der Waals surface area contributed by atoms with Gasteiger partial charge in [-0.25, -0.2) is 0 Å². The SMILES string of the molecule is CC(C)C[N+](CC(C)C)(CC(C)C)CC(C)C.[BH3-]C#N. The molecule has 0 radical (unpaired) electrons. The van der Waals surface area contributed by atoms with Gasteiger partial charge in [0.2, 0.25) is 0 Å². The molecular formula is C17H39BN2. The van der Waals surface area contributed by atoms with Crippen molar-refractivity contribution >= 4 is 7.85 Å². The third-order valence-electron chi connectivity index (χ3n) is 3.01. The normalized spacial score (nSPS) is 11.8. The Hall–Kier alpha value is -0.485. The van der Waals surface area contributed by atoms with E-state index in [9.17, 15) is 0 Å². The van der Waals surface area contributed by atoms with Gasteiger partial charge in [-0.1, -0.05) is 55.4 Å². The van der Waals surface area contributed by atoms with Crippen LogP contribution in [0.3, 0.4) is 0 Å². The molecule has 0 aliphatic rings. The molecular weight excluding hydrogens is 243 g/mol. The van der Waals surface area contributed by atoms with Crippen LogP contribution >= 0.6 is 0 Å². The van der Waals surface area contributed by atoms with Gasteiger partial charge in [0.05, 0.1) is 34.0 Å². The molecule has 0 atom stereocenters. The second-order valence-electron chi connectivity index (χ2n) is 7.65. The molecule has 120 valence electrons. The van der Waals surface area contributed by atoms with Crippen LogP contribution in [-0.2, 0) is 0 Å². The highest BCUT2D eigenvalue weighted by Gasteiger charge is 2.31. The van der Waals surface area contributed by atoms with E-state index in [0.29, 0.717) is 0 Å². The van der Waals surface area contributed by atoms with E-state index in [0.717, 1.165) is 23.7 Å². The predicted octanol–water partition coefficient (Wildman–Crippen LogP) is 3.26. The standard InChI is InChI=1S/C16H36N.CH3BN/c1-13(2)9-17(10-14(3)4,11-15(5)6)12-16(7)8;2-1-3/h13-16H,9-12H2,1-8H3;2H3/q+1;-1. The van der Waals surface area contributed by atoms with Gasteiger partial charge in [0.15, 0.2) is 0 Å². The summed E-state index contributed by atoms with van der Waals surface area (Å²) in [5, 5.41) is 7.43. The Morgan fingerprint density at radius 1 is 0.700 bits per heavy atom. The summed E-state index contributed by atoms with van der Waals surface area (Å²) in [7, 11) is 0.0694. The summed E-state index contributed by atoms with van der Waals surface area (Å²) in [5.74, 6) is 5.19. The Morgan fingerprint density at radius 3 is 0.950 bits per heavy atom. The van der Waals surface area contributed by atoms with E-state index < -0.39 is 0 Å². The molecule has 0 aromatic heterocycles. The van der Waals surface area contributed by atoms with Gasteiger partial charge in [-0.3, -0.25) is 5.26 Å². The lowest BCUT2D eigenvalue weighted by Gasteiger charge is -2.44. The maximum absolute atomic E-state index is 7.43. The molecule has 20 heavy (non-hydrogen) atoms. The van der Waals surface area contributed by atoms with Gasteiger partial charge in [-0.2, -0.15) is 5.97 Å². The van der Waals surface area contributed by atoms with E-state index >= 15 is 0 Å². The highest BCUT2D eigenvalue weighted by atomic mass is 15.4. The second kappa shape index (κ2) is 11.2. The number of hydrogen-bond acceptors (Lipinski definition) is 1. The minimum absolute atomic E-state index is 0.0694. The van der Waals surface area contributed by atoms with Crippen LogP contribution in [0.4, 0.5) is 0 Å². The monoisotopic (exact) mass is 282 g/mol. The average molecular weight is 282 g/mol. The summed E-state index contributed by atoms with van der Waals surface area (Å²) in [5.41, 5.74) is 0. The van der Waals surface area contributed by atoms with E-state index in [-0.39, 0.29) is 7.85 Å². The number of nitrogens with zero attached hydrogens (tertiary/aromatic N) is 2. The molecule has 0 rings (SSSR count). The lowest BCUT2D eigenvalue weighted by molar-refractivity contribution is -0.938. The van der Waals surface area contributed by atoms with E-state index in [4.69, 9.17) is 5.26 Å². The van der Waals surface area contributed by atoms with Crippen LogP contribution in [-0.4, -0.2) is 38.5 Å². The zero-order valence-corrected chi connectivity index (χ0v) is 14.5. The summed E-state index contributed by atoms with van der Waals surface area (Å²) in [6.07, 6.45) is 0. The predicted molar refractivity (Wildman–Crippen MR) is 94.6 cm³/mol. The average Bonchev–Trinajstić information content (AvgIpc) is 2.11. The summed E-state index contributed by atoms with van der Waals surface area (Å²) in [6, 6.07) is 0. The largest absolute Gasteiger partial charge is 0.323 e. The van der Waals surface area contributed by atoms with Gasteiger partial charge in [0.25, 0.3) is 0 Å². The Bertz CT molecular complexity index is 219. The molecule has 0 aliphatic carbocycles. The molecule has 2 nitrogen and oxygen atoms in total. The summed E-state index contributed by atoms with van der Waals surface area (Å²) < 4.78 is 1.32. The van der Waals surface area contributed by atoms with Crippen LogP contribution in [0.5, 0.6) is 0 Å². The zero-order valence-electron chi connectivity index (χ0n) is 14.5. The van der Waals surface area contributed by atoms with Gasteiger partial charge in [0.1, 0.15) is 0 Å². The second-order valence-corrected chi connectivity index (χ2v) is 7.65. The first-order valence-corrected chi connectivity index (χ1v) is 7.74. The number of hydrogen-bond donors (Lipinski definition) is 0. The molecule has 0 heterocycles.